The van der Waals surface area contributed by atoms with Gasteiger partial charge in [-0.05, 0) is 53.9 Å². The van der Waals surface area contributed by atoms with E-state index in [1.165, 1.54) is 0 Å². The van der Waals surface area contributed by atoms with E-state index in [1.807, 2.05) is 38.1 Å². The molecule has 8 nitrogen and oxygen atoms in total. The molecule has 0 spiro atoms. The predicted octanol–water partition coefficient (Wildman–Crippen LogP) is 4.24. The van der Waals surface area contributed by atoms with Crippen molar-refractivity contribution in [3.63, 3.8) is 0 Å². The summed E-state index contributed by atoms with van der Waals surface area (Å²) < 4.78 is 5.58. The summed E-state index contributed by atoms with van der Waals surface area (Å²) in [5.41, 5.74) is 5.94. The zero-order chi connectivity index (χ0) is 25.0. The number of rotatable bonds is 11. The fraction of sp³-hybridized carbons (Fsp3) is 0.444. The molecule has 1 unspecified atom stereocenters. The molecule has 4 rings (SSSR count). The van der Waals surface area contributed by atoms with Gasteiger partial charge in [0.1, 0.15) is 6.61 Å². The largest absolute Gasteiger partial charge is 0.479 e. The van der Waals surface area contributed by atoms with Crippen LogP contribution in [0, 0.1) is 11.3 Å². The molecule has 2 amide bonds. The molecule has 2 aliphatic carbocycles. The molecule has 1 fully saturated rings. The van der Waals surface area contributed by atoms with Crippen LogP contribution in [-0.2, 0) is 19.2 Å². The average Bonchev–Trinajstić information content (AvgIpc) is 3.65. The van der Waals surface area contributed by atoms with Crippen molar-refractivity contribution in [2.75, 3.05) is 13.2 Å². The van der Waals surface area contributed by atoms with Crippen molar-refractivity contribution in [1.82, 2.24) is 10.8 Å². The number of aliphatic carboxylic acids is 1. The van der Waals surface area contributed by atoms with E-state index < -0.39 is 29.5 Å². The Morgan fingerprint density at radius 2 is 1.57 bits per heavy atom. The maximum atomic E-state index is 12.9. The first-order chi connectivity index (χ1) is 16.9. The molecule has 35 heavy (non-hydrogen) atoms. The Labute approximate surface area is 205 Å². The fourth-order valence-electron chi connectivity index (χ4n) is 4.76. The third kappa shape index (κ3) is 5.17. The Morgan fingerprint density at radius 3 is 2.09 bits per heavy atom. The van der Waals surface area contributed by atoms with Gasteiger partial charge in [-0.25, -0.2) is 15.1 Å². The summed E-state index contributed by atoms with van der Waals surface area (Å²) in [6, 6.07) is 16.2. The molecular weight excluding hydrogens is 448 g/mol. The zero-order valence-electron chi connectivity index (χ0n) is 20.1. The monoisotopic (exact) mass is 480 g/mol. The Morgan fingerprint density at radius 1 is 1.00 bits per heavy atom. The molecule has 3 N–H and O–H groups in total. The number of carbonyl (C=O) groups is 3. The highest BCUT2D eigenvalue weighted by atomic mass is 16.7. The first-order valence-corrected chi connectivity index (χ1v) is 12.2. The molecule has 0 aliphatic heterocycles. The second-order valence-electron chi connectivity index (χ2n) is 9.31. The summed E-state index contributed by atoms with van der Waals surface area (Å²) >= 11 is 0. The zero-order valence-corrected chi connectivity index (χ0v) is 20.1. The number of ether oxygens (including phenoxy) is 1. The first kappa shape index (κ1) is 24.7. The van der Waals surface area contributed by atoms with Gasteiger partial charge in [-0.15, -0.1) is 0 Å². The van der Waals surface area contributed by atoms with Crippen LogP contribution in [0.25, 0.3) is 11.1 Å². The molecule has 2 aromatic rings. The molecule has 2 aliphatic rings. The van der Waals surface area contributed by atoms with Crippen molar-refractivity contribution in [3.8, 4) is 11.1 Å². The third-order valence-electron chi connectivity index (χ3n) is 7.32. The third-order valence-corrected chi connectivity index (χ3v) is 7.32. The first-order valence-electron chi connectivity index (χ1n) is 12.2. The predicted molar refractivity (Wildman–Crippen MR) is 129 cm³/mol. The summed E-state index contributed by atoms with van der Waals surface area (Å²) in [5.74, 6) is -1.68. The van der Waals surface area contributed by atoms with Crippen LogP contribution in [0.1, 0.15) is 56.6 Å². The van der Waals surface area contributed by atoms with Gasteiger partial charge in [0.2, 0.25) is 0 Å². The van der Waals surface area contributed by atoms with Crippen LogP contribution in [-0.4, -0.2) is 42.3 Å². The smallest absolute Gasteiger partial charge is 0.407 e. The van der Waals surface area contributed by atoms with Gasteiger partial charge >= 0.3 is 12.1 Å². The van der Waals surface area contributed by atoms with Gasteiger partial charge < -0.3 is 15.2 Å². The number of hydroxylamine groups is 1. The molecule has 0 saturated heterocycles. The standard InChI is InChI=1S/C27H32N2O6/c1-3-27(4-2,25(32)29-35-23(24(30)31)17-13-14-17)16-28-26(33)34-15-22-20-11-7-5-9-18(20)19-10-6-8-12-21(19)22/h5-12,17,22-23H,3-4,13-16H2,1-2H3,(H,28,33)(H,29,32)(H,30,31). The quantitative estimate of drug-likeness (QED) is 0.415. The van der Waals surface area contributed by atoms with Gasteiger partial charge in [0, 0.05) is 12.5 Å². The van der Waals surface area contributed by atoms with Crippen molar-refractivity contribution in [2.24, 2.45) is 11.3 Å². The van der Waals surface area contributed by atoms with E-state index in [2.05, 4.69) is 35.1 Å². The van der Waals surface area contributed by atoms with E-state index in [-0.39, 0.29) is 25.0 Å². The topological polar surface area (TPSA) is 114 Å². The van der Waals surface area contributed by atoms with Crippen LogP contribution in [0.3, 0.4) is 0 Å². The van der Waals surface area contributed by atoms with Gasteiger partial charge in [0.05, 0.1) is 5.41 Å². The van der Waals surface area contributed by atoms with Crippen molar-refractivity contribution >= 4 is 18.0 Å². The molecule has 1 atom stereocenters. The molecule has 1 saturated carbocycles. The second-order valence-corrected chi connectivity index (χ2v) is 9.31. The summed E-state index contributed by atoms with van der Waals surface area (Å²) in [7, 11) is 0. The van der Waals surface area contributed by atoms with Crippen LogP contribution >= 0.6 is 0 Å². The number of alkyl carbamates (subject to hydrolysis) is 1. The lowest BCUT2D eigenvalue weighted by atomic mass is 9.81. The van der Waals surface area contributed by atoms with Crippen LogP contribution in [0.4, 0.5) is 4.79 Å². The number of amides is 2. The molecule has 0 bridgehead atoms. The maximum absolute atomic E-state index is 12.9. The lowest BCUT2D eigenvalue weighted by Crippen LogP contribution is -2.49. The number of hydrogen-bond donors (Lipinski definition) is 3. The number of hydrogen-bond acceptors (Lipinski definition) is 5. The SMILES string of the molecule is CCC(CC)(CNC(=O)OCC1c2ccccc2-c2ccccc21)C(=O)NOC(C(=O)O)C1CC1. The fourth-order valence-corrected chi connectivity index (χ4v) is 4.76. The maximum Gasteiger partial charge on any atom is 0.407 e. The van der Waals surface area contributed by atoms with Crippen molar-refractivity contribution in [1.29, 1.82) is 0 Å². The number of benzene rings is 2. The minimum Gasteiger partial charge on any atom is -0.479 e. The van der Waals surface area contributed by atoms with Crippen molar-refractivity contribution in [3.05, 3.63) is 59.7 Å². The highest BCUT2D eigenvalue weighted by Gasteiger charge is 2.41. The Hall–Kier alpha value is -3.39. The van der Waals surface area contributed by atoms with Crippen LogP contribution in [0.5, 0.6) is 0 Å². The van der Waals surface area contributed by atoms with Crippen LogP contribution in [0.15, 0.2) is 48.5 Å². The number of carboxylic acids is 1. The molecule has 0 radical (unpaired) electrons. The molecule has 2 aromatic carbocycles. The molecule has 8 heteroatoms. The lowest BCUT2D eigenvalue weighted by Gasteiger charge is -2.30. The van der Waals surface area contributed by atoms with E-state index in [9.17, 15) is 19.5 Å². The summed E-state index contributed by atoms with van der Waals surface area (Å²) in [5, 5.41) is 12.0. The van der Waals surface area contributed by atoms with Crippen LogP contribution in [0.2, 0.25) is 0 Å². The second kappa shape index (κ2) is 10.5. The number of nitrogens with one attached hydrogen (secondary N) is 2. The van der Waals surface area contributed by atoms with Gasteiger partial charge in [0.25, 0.3) is 5.91 Å². The van der Waals surface area contributed by atoms with Gasteiger partial charge in [-0.3, -0.25) is 9.63 Å². The van der Waals surface area contributed by atoms with E-state index >= 15 is 0 Å². The van der Waals surface area contributed by atoms with E-state index in [0.29, 0.717) is 12.8 Å². The Kier molecular flexibility index (Phi) is 7.40. The lowest BCUT2D eigenvalue weighted by molar-refractivity contribution is -0.166. The average molecular weight is 481 g/mol. The van der Waals surface area contributed by atoms with E-state index in [1.54, 1.807) is 0 Å². The van der Waals surface area contributed by atoms with Gasteiger partial charge in [-0.1, -0.05) is 62.4 Å². The summed E-state index contributed by atoms with van der Waals surface area (Å²) in [6.45, 7) is 3.92. The minimum atomic E-state index is -1.09. The van der Waals surface area contributed by atoms with Gasteiger partial charge in [0.15, 0.2) is 6.10 Å². The highest BCUT2D eigenvalue weighted by molar-refractivity contribution is 5.83. The number of carboxylic acid groups (broad SMARTS) is 1. The molecular formula is C27H32N2O6. The highest BCUT2D eigenvalue weighted by Crippen LogP contribution is 2.44. The van der Waals surface area contributed by atoms with Crippen molar-refractivity contribution in [2.45, 2.75) is 51.6 Å². The van der Waals surface area contributed by atoms with Crippen molar-refractivity contribution < 1.29 is 29.1 Å². The normalized spacial score (nSPS) is 15.6. The number of fused-ring (bicyclic) bond motifs is 3. The molecule has 186 valence electrons. The molecule has 0 heterocycles. The summed E-state index contributed by atoms with van der Waals surface area (Å²) in [6.07, 6.45) is 0.743. The summed E-state index contributed by atoms with van der Waals surface area (Å²) in [4.78, 5) is 42.2. The number of carbonyl (C=O) groups excluding carboxylic acids is 2. The van der Waals surface area contributed by atoms with E-state index in [4.69, 9.17) is 9.57 Å². The minimum absolute atomic E-state index is 0.0486. The van der Waals surface area contributed by atoms with Gasteiger partial charge in [-0.2, -0.15) is 0 Å². The van der Waals surface area contributed by atoms with Crippen LogP contribution < -0.4 is 10.8 Å². The Bertz CT molecular complexity index is 1050. The molecule has 0 aromatic heterocycles. The Balaban J connectivity index is 1.34. The van der Waals surface area contributed by atoms with E-state index in [0.717, 1.165) is 35.1 Å².